The van der Waals surface area contributed by atoms with Crippen LogP contribution in [0.3, 0.4) is 0 Å². The van der Waals surface area contributed by atoms with Gasteiger partial charge in [0.2, 0.25) is 5.91 Å². The molecule has 0 aromatic carbocycles. The van der Waals surface area contributed by atoms with E-state index in [1.807, 2.05) is 20.0 Å². The van der Waals surface area contributed by atoms with Gasteiger partial charge < -0.3 is 9.88 Å². The lowest BCUT2D eigenvalue weighted by atomic mass is 10.1. The minimum absolute atomic E-state index is 0.182. The molecular formula is C14H24N3O. The van der Waals surface area contributed by atoms with Crippen molar-refractivity contribution in [2.75, 3.05) is 6.54 Å². The molecule has 0 aliphatic rings. The van der Waals surface area contributed by atoms with Crippen molar-refractivity contribution in [3.63, 3.8) is 0 Å². The molecule has 4 heteroatoms. The zero-order chi connectivity index (χ0) is 13.2. The maximum absolute atomic E-state index is 11.2. The van der Waals surface area contributed by atoms with Crippen LogP contribution in [-0.4, -0.2) is 22.0 Å². The summed E-state index contributed by atoms with van der Waals surface area (Å²) < 4.78 is 2.13. The van der Waals surface area contributed by atoms with Crippen molar-refractivity contribution in [3.05, 3.63) is 18.2 Å². The molecule has 1 N–H and O–H groups in total. The van der Waals surface area contributed by atoms with E-state index in [1.165, 1.54) is 19.3 Å². The second kappa shape index (κ2) is 8.72. The third-order valence-corrected chi connectivity index (χ3v) is 3.03. The highest BCUT2D eigenvalue weighted by atomic mass is 16.1. The van der Waals surface area contributed by atoms with Gasteiger partial charge in [-0.25, -0.2) is 4.98 Å². The number of hydrogen-bond donors (Lipinski definition) is 1. The summed E-state index contributed by atoms with van der Waals surface area (Å²) >= 11 is 0. The van der Waals surface area contributed by atoms with Crippen molar-refractivity contribution in [1.29, 1.82) is 0 Å². The number of carbonyl (C=O) groups excluding carboxylic acids is 1. The van der Waals surface area contributed by atoms with Gasteiger partial charge >= 0.3 is 0 Å². The molecule has 0 saturated carbocycles. The van der Waals surface area contributed by atoms with Gasteiger partial charge in [-0.05, 0) is 26.7 Å². The summed E-state index contributed by atoms with van der Waals surface area (Å²) in [5.74, 6) is 1.22. The Bertz CT molecular complexity index is 347. The first kappa shape index (κ1) is 14.7. The van der Waals surface area contributed by atoms with Crippen molar-refractivity contribution in [3.8, 4) is 0 Å². The van der Waals surface area contributed by atoms with Crippen molar-refractivity contribution in [2.45, 2.75) is 58.9 Å². The van der Waals surface area contributed by atoms with Crippen LogP contribution in [0.2, 0.25) is 0 Å². The van der Waals surface area contributed by atoms with E-state index in [0.717, 1.165) is 31.8 Å². The fraction of sp³-hybridized carbons (Fsp3) is 0.714. The summed E-state index contributed by atoms with van der Waals surface area (Å²) in [6, 6.07) is 0. The molecule has 0 aliphatic heterocycles. The van der Waals surface area contributed by atoms with Crippen LogP contribution in [0.1, 0.15) is 51.3 Å². The second-order valence-corrected chi connectivity index (χ2v) is 4.58. The van der Waals surface area contributed by atoms with E-state index in [4.69, 9.17) is 0 Å². The quantitative estimate of drug-likeness (QED) is 0.684. The maximum atomic E-state index is 11.2. The monoisotopic (exact) mass is 250 g/mol. The fourth-order valence-electron chi connectivity index (χ4n) is 1.96. The molecule has 1 heterocycles. The molecule has 0 atom stereocenters. The number of rotatable bonds is 9. The van der Waals surface area contributed by atoms with Crippen LogP contribution in [0.15, 0.2) is 6.20 Å². The molecular weight excluding hydrogens is 226 g/mol. The van der Waals surface area contributed by atoms with Gasteiger partial charge in [0, 0.05) is 25.7 Å². The first-order chi connectivity index (χ1) is 8.74. The minimum Gasteiger partial charge on any atom is -0.356 e. The molecule has 1 radical (unpaired) electrons. The number of hydrogen-bond acceptors (Lipinski definition) is 2. The summed E-state index contributed by atoms with van der Waals surface area (Å²) in [7, 11) is 0. The smallest absolute Gasteiger partial charge is 0.219 e. The average molecular weight is 250 g/mol. The van der Waals surface area contributed by atoms with E-state index >= 15 is 0 Å². The van der Waals surface area contributed by atoms with Crippen LogP contribution in [0.25, 0.3) is 0 Å². The van der Waals surface area contributed by atoms with Gasteiger partial charge in [-0.1, -0.05) is 19.3 Å². The summed E-state index contributed by atoms with van der Waals surface area (Å²) in [5, 5.41) is 2.82. The van der Waals surface area contributed by atoms with Gasteiger partial charge in [-0.2, -0.15) is 0 Å². The van der Waals surface area contributed by atoms with Crippen molar-refractivity contribution >= 4 is 5.91 Å². The van der Waals surface area contributed by atoms with Crippen LogP contribution >= 0.6 is 0 Å². The summed E-state index contributed by atoms with van der Waals surface area (Å²) in [4.78, 5) is 15.3. The summed E-state index contributed by atoms with van der Waals surface area (Å²) in [6.07, 6.45) is 11.2. The lowest BCUT2D eigenvalue weighted by Crippen LogP contribution is -2.21. The molecule has 0 saturated heterocycles. The summed E-state index contributed by atoms with van der Waals surface area (Å²) in [6.45, 7) is 5.72. The second-order valence-electron chi connectivity index (χ2n) is 4.58. The van der Waals surface area contributed by atoms with Crippen molar-refractivity contribution < 1.29 is 4.79 Å². The number of unbranched alkanes of at least 4 members (excludes halogenated alkanes) is 4. The third-order valence-electron chi connectivity index (χ3n) is 3.03. The SMILES string of the molecule is CCNC(=O)CCCCCCCn1c[c]nc1C. The van der Waals surface area contributed by atoms with Crippen LogP contribution in [-0.2, 0) is 11.3 Å². The Morgan fingerprint density at radius 1 is 1.33 bits per heavy atom. The fourth-order valence-corrected chi connectivity index (χ4v) is 1.96. The van der Waals surface area contributed by atoms with Gasteiger partial charge in [0.05, 0.1) is 0 Å². The number of aryl methyl sites for hydroxylation is 2. The maximum Gasteiger partial charge on any atom is 0.219 e. The zero-order valence-electron chi connectivity index (χ0n) is 11.5. The Morgan fingerprint density at radius 3 is 2.72 bits per heavy atom. The molecule has 0 spiro atoms. The molecule has 4 nitrogen and oxygen atoms in total. The molecule has 101 valence electrons. The highest BCUT2D eigenvalue weighted by molar-refractivity contribution is 5.75. The molecule has 18 heavy (non-hydrogen) atoms. The lowest BCUT2D eigenvalue weighted by molar-refractivity contribution is -0.121. The largest absolute Gasteiger partial charge is 0.356 e. The van der Waals surface area contributed by atoms with Gasteiger partial charge in [0.15, 0.2) is 0 Å². The number of nitrogens with one attached hydrogen (secondary N) is 1. The zero-order valence-corrected chi connectivity index (χ0v) is 11.5. The molecule has 0 bridgehead atoms. The van der Waals surface area contributed by atoms with Gasteiger partial charge in [-0.15, -0.1) is 0 Å². The average Bonchev–Trinajstić information content (AvgIpc) is 2.74. The first-order valence-corrected chi connectivity index (χ1v) is 6.90. The highest BCUT2D eigenvalue weighted by Crippen LogP contribution is 2.07. The van der Waals surface area contributed by atoms with E-state index < -0.39 is 0 Å². The van der Waals surface area contributed by atoms with E-state index in [-0.39, 0.29) is 5.91 Å². The van der Waals surface area contributed by atoms with Crippen LogP contribution < -0.4 is 5.32 Å². The van der Waals surface area contributed by atoms with E-state index in [0.29, 0.717) is 6.42 Å². The number of amides is 1. The topological polar surface area (TPSA) is 46.9 Å². The van der Waals surface area contributed by atoms with Crippen molar-refractivity contribution in [2.24, 2.45) is 0 Å². The van der Waals surface area contributed by atoms with Gasteiger partial charge in [-0.3, -0.25) is 4.79 Å². The Kier molecular flexibility index (Phi) is 7.14. The Balaban J connectivity index is 1.93. The predicted octanol–water partition coefficient (Wildman–Crippen LogP) is 2.47. The van der Waals surface area contributed by atoms with Crippen molar-refractivity contribution in [1.82, 2.24) is 14.9 Å². The molecule has 0 unspecified atom stereocenters. The van der Waals surface area contributed by atoms with E-state index in [1.54, 1.807) is 0 Å². The Hall–Kier alpha value is -1.32. The number of aromatic nitrogens is 2. The molecule has 1 amide bonds. The minimum atomic E-state index is 0.182. The van der Waals surface area contributed by atoms with Crippen LogP contribution in [0.5, 0.6) is 0 Å². The van der Waals surface area contributed by atoms with E-state index in [9.17, 15) is 4.79 Å². The predicted molar refractivity (Wildman–Crippen MR) is 72.2 cm³/mol. The lowest BCUT2D eigenvalue weighted by Gasteiger charge is -2.05. The molecule has 0 fully saturated rings. The normalized spacial score (nSPS) is 10.6. The standard InChI is InChI=1S/C14H24N3O/c1-3-15-14(18)9-7-5-4-6-8-11-17-12-10-16-13(17)2/h12H,3-9,11H2,1-2H3,(H,15,18). The molecule has 0 aliphatic carbocycles. The number of carbonyl (C=O) groups is 1. The van der Waals surface area contributed by atoms with Crippen LogP contribution in [0.4, 0.5) is 0 Å². The van der Waals surface area contributed by atoms with E-state index in [2.05, 4.69) is 21.1 Å². The highest BCUT2D eigenvalue weighted by Gasteiger charge is 1.99. The Morgan fingerprint density at radius 2 is 2.06 bits per heavy atom. The van der Waals surface area contributed by atoms with Crippen LogP contribution in [0, 0.1) is 13.1 Å². The molecule has 1 aromatic heterocycles. The first-order valence-electron chi connectivity index (χ1n) is 6.90. The number of nitrogens with zero attached hydrogens (tertiary/aromatic N) is 2. The van der Waals surface area contributed by atoms with Gasteiger partial charge in [0.1, 0.15) is 12.0 Å². The third kappa shape index (κ3) is 5.84. The Labute approximate surface area is 110 Å². The number of imidazole rings is 1. The van der Waals surface area contributed by atoms with Gasteiger partial charge in [0.25, 0.3) is 0 Å². The molecule has 1 rings (SSSR count). The molecule has 1 aromatic rings. The summed E-state index contributed by atoms with van der Waals surface area (Å²) in [5.41, 5.74) is 0.